The number of rotatable bonds is 2. The molecule has 6 nitrogen and oxygen atoms in total. The van der Waals surface area contributed by atoms with E-state index in [1.54, 1.807) is 30.3 Å². The van der Waals surface area contributed by atoms with Crippen molar-refractivity contribution in [3.63, 3.8) is 0 Å². The third-order valence-electron chi connectivity index (χ3n) is 3.98. The highest BCUT2D eigenvalue weighted by Gasteiger charge is 2.26. The number of esters is 1. The summed E-state index contributed by atoms with van der Waals surface area (Å²) in [5.74, 6) is -1.11. The number of aromatic nitrogens is 3. The van der Waals surface area contributed by atoms with Gasteiger partial charge in [0.2, 0.25) is 0 Å². The molecule has 0 saturated heterocycles. The second kappa shape index (κ2) is 5.55. The first-order chi connectivity index (χ1) is 12.1. The highest BCUT2D eigenvalue weighted by Crippen LogP contribution is 2.32. The number of fused-ring (bicyclic) bond motifs is 2. The molecule has 0 fully saturated rings. The van der Waals surface area contributed by atoms with Crippen LogP contribution < -0.4 is 5.73 Å². The molecule has 0 aliphatic heterocycles. The number of benzene rings is 2. The summed E-state index contributed by atoms with van der Waals surface area (Å²) in [5, 5.41) is 0. The first-order valence-corrected chi connectivity index (χ1v) is 7.51. The fourth-order valence-corrected chi connectivity index (χ4v) is 2.84. The lowest BCUT2D eigenvalue weighted by atomic mass is 10.2. The van der Waals surface area contributed by atoms with E-state index < -0.39 is 11.8 Å². The SMILES string of the molecule is COC(=O)c1c(N)n(-c2ccccc2F)c2nc3ccccc3nc12. The molecule has 0 bridgehead atoms. The lowest BCUT2D eigenvalue weighted by Gasteiger charge is -2.08. The van der Waals surface area contributed by atoms with Gasteiger partial charge in [-0.1, -0.05) is 24.3 Å². The minimum Gasteiger partial charge on any atom is -0.465 e. The van der Waals surface area contributed by atoms with Crippen LogP contribution in [0.4, 0.5) is 10.2 Å². The van der Waals surface area contributed by atoms with Crippen LogP contribution in [-0.4, -0.2) is 27.6 Å². The van der Waals surface area contributed by atoms with E-state index in [0.29, 0.717) is 16.7 Å². The van der Waals surface area contributed by atoms with E-state index in [2.05, 4.69) is 9.97 Å². The molecule has 7 heteroatoms. The standard InChI is InChI=1S/C18H13FN4O2/c1-25-18(24)14-15-17(22-12-8-4-3-7-11(12)21-15)23(16(14)20)13-9-5-2-6-10(13)19/h2-9H,20H2,1H3. The second-order valence-corrected chi connectivity index (χ2v) is 5.42. The quantitative estimate of drug-likeness (QED) is 0.569. The molecule has 0 amide bonds. The van der Waals surface area contributed by atoms with Crippen LogP contribution in [0.1, 0.15) is 10.4 Å². The van der Waals surface area contributed by atoms with Crippen molar-refractivity contribution < 1.29 is 13.9 Å². The molecule has 25 heavy (non-hydrogen) atoms. The zero-order valence-electron chi connectivity index (χ0n) is 13.2. The molecule has 0 saturated carbocycles. The maximum Gasteiger partial charge on any atom is 0.343 e. The van der Waals surface area contributed by atoms with E-state index in [9.17, 15) is 9.18 Å². The Morgan fingerprint density at radius 2 is 1.72 bits per heavy atom. The number of para-hydroxylation sites is 3. The lowest BCUT2D eigenvalue weighted by Crippen LogP contribution is -2.08. The van der Waals surface area contributed by atoms with Crippen molar-refractivity contribution in [1.29, 1.82) is 0 Å². The lowest BCUT2D eigenvalue weighted by molar-refractivity contribution is 0.0604. The van der Waals surface area contributed by atoms with Crippen molar-refractivity contribution in [2.24, 2.45) is 0 Å². The molecule has 124 valence electrons. The van der Waals surface area contributed by atoms with Gasteiger partial charge in [-0.15, -0.1) is 0 Å². The average Bonchev–Trinajstić information content (AvgIpc) is 2.90. The number of nitrogen functional groups attached to an aromatic ring is 1. The van der Waals surface area contributed by atoms with Gasteiger partial charge in [0.25, 0.3) is 0 Å². The Morgan fingerprint density at radius 1 is 1.08 bits per heavy atom. The second-order valence-electron chi connectivity index (χ2n) is 5.42. The predicted octanol–water partition coefficient (Wildman–Crippen LogP) is 3.08. The van der Waals surface area contributed by atoms with Crippen molar-refractivity contribution in [2.45, 2.75) is 0 Å². The van der Waals surface area contributed by atoms with Gasteiger partial charge in [0, 0.05) is 0 Å². The Bertz CT molecular complexity index is 1140. The number of carbonyl (C=O) groups excluding carboxylic acids is 1. The molecular weight excluding hydrogens is 323 g/mol. The Morgan fingerprint density at radius 3 is 2.40 bits per heavy atom. The summed E-state index contributed by atoms with van der Waals surface area (Å²) >= 11 is 0. The molecule has 2 aromatic heterocycles. The van der Waals surface area contributed by atoms with E-state index >= 15 is 0 Å². The smallest absolute Gasteiger partial charge is 0.343 e. The fraction of sp³-hybridized carbons (Fsp3) is 0.0556. The Balaban J connectivity index is 2.18. The number of ether oxygens (including phenoxy) is 1. The third kappa shape index (κ3) is 2.20. The van der Waals surface area contributed by atoms with E-state index in [-0.39, 0.29) is 22.6 Å². The van der Waals surface area contributed by atoms with Gasteiger partial charge in [-0.2, -0.15) is 0 Å². The molecule has 2 aromatic carbocycles. The predicted molar refractivity (Wildman–Crippen MR) is 92.1 cm³/mol. The van der Waals surface area contributed by atoms with Crippen molar-refractivity contribution in [1.82, 2.24) is 14.5 Å². The van der Waals surface area contributed by atoms with Gasteiger partial charge in [0.1, 0.15) is 22.7 Å². The van der Waals surface area contributed by atoms with Crippen LogP contribution in [0.3, 0.4) is 0 Å². The molecule has 4 aromatic rings. The number of halogens is 1. The summed E-state index contributed by atoms with van der Waals surface area (Å²) in [6.07, 6.45) is 0. The molecule has 0 aliphatic rings. The van der Waals surface area contributed by atoms with Crippen LogP contribution >= 0.6 is 0 Å². The van der Waals surface area contributed by atoms with Crippen molar-refractivity contribution >= 4 is 34.0 Å². The van der Waals surface area contributed by atoms with E-state index in [1.165, 1.54) is 17.7 Å². The number of nitrogens with zero attached hydrogens (tertiary/aromatic N) is 3. The third-order valence-corrected chi connectivity index (χ3v) is 3.98. The largest absolute Gasteiger partial charge is 0.465 e. The Kier molecular flexibility index (Phi) is 3.35. The molecule has 2 heterocycles. The molecule has 0 radical (unpaired) electrons. The van der Waals surface area contributed by atoms with Crippen molar-refractivity contribution in [2.75, 3.05) is 12.8 Å². The summed E-state index contributed by atoms with van der Waals surface area (Å²) in [5.41, 5.74) is 8.20. The van der Waals surface area contributed by atoms with Crippen LogP contribution in [0.5, 0.6) is 0 Å². The zero-order valence-corrected chi connectivity index (χ0v) is 13.2. The van der Waals surface area contributed by atoms with Gasteiger partial charge in [-0.25, -0.2) is 19.2 Å². The summed E-state index contributed by atoms with van der Waals surface area (Å²) < 4.78 is 20.6. The molecule has 0 unspecified atom stereocenters. The average molecular weight is 336 g/mol. The van der Waals surface area contributed by atoms with Gasteiger partial charge >= 0.3 is 5.97 Å². The fourth-order valence-electron chi connectivity index (χ4n) is 2.84. The topological polar surface area (TPSA) is 83.0 Å². The van der Waals surface area contributed by atoms with Gasteiger partial charge in [-0.05, 0) is 24.3 Å². The Labute approximate surface area is 141 Å². The Hall–Kier alpha value is -3.48. The number of hydrogen-bond acceptors (Lipinski definition) is 5. The van der Waals surface area contributed by atoms with E-state index in [1.807, 2.05) is 12.1 Å². The molecule has 4 rings (SSSR count). The van der Waals surface area contributed by atoms with Crippen LogP contribution in [0.2, 0.25) is 0 Å². The van der Waals surface area contributed by atoms with Crippen LogP contribution in [-0.2, 0) is 4.74 Å². The molecule has 0 aliphatic carbocycles. The van der Waals surface area contributed by atoms with Crippen LogP contribution in [0, 0.1) is 5.82 Å². The first-order valence-electron chi connectivity index (χ1n) is 7.51. The monoisotopic (exact) mass is 336 g/mol. The molecule has 0 atom stereocenters. The minimum absolute atomic E-state index is 0.0299. The molecule has 0 spiro atoms. The summed E-state index contributed by atoms with van der Waals surface area (Å²) in [6.45, 7) is 0. The number of carbonyl (C=O) groups is 1. The number of hydrogen-bond donors (Lipinski definition) is 1. The molecular formula is C18H13FN4O2. The van der Waals surface area contributed by atoms with Gasteiger partial charge in [0.05, 0.1) is 23.8 Å². The number of nitrogens with two attached hydrogens (primary N) is 1. The number of methoxy groups -OCH3 is 1. The van der Waals surface area contributed by atoms with Crippen LogP contribution in [0.15, 0.2) is 48.5 Å². The highest BCUT2D eigenvalue weighted by atomic mass is 19.1. The minimum atomic E-state index is -0.651. The van der Waals surface area contributed by atoms with E-state index in [4.69, 9.17) is 10.5 Å². The van der Waals surface area contributed by atoms with E-state index in [0.717, 1.165) is 0 Å². The van der Waals surface area contributed by atoms with Crippen molar-refractivity contribution in [3.05, 3.63) is 59.9 Å². The summed E-state index contributed by atoms with van der Waals surface area (Å²) in [6, 6.07) is 13.3. The van der Waals surface area contributed by atoms with Gasteiger partial charge in [-0.3, -0.25) is 4.57 Å². The zero-order chi connectivity index (χ0) is 17.6. The molecule has 2 N–H and O–H groups in total. The normalized spacial score (nSPS) is 11.1. The summed E-state index contributed by atoms with van der Waals surface area (Å²) in [4.78, 5) is 21.3. The van der Waals surface area contributed by atoms with Gasteiger partial charge < -0.3 is 10.5 Å². The number of anilines is 1. The summed E-state index contributed by atoms with van der Waals surface area (Å²) in [7, 11) is 1.25. The maximum atomic E-state index is 14.3. The van der Waals surface area contributed by atoms with Crippen molar-refractivity contribution in [3.8, 4) is 5.69 Å². The first kappa shape index (κ1) is 15.1. The van der Waals surface area contributed by atoms with Gasteiger partial charge in [0.15, 0.2) is 5.65 Å². The highest BCUT2D eigenvalue weighted by molar-refractivity contribution is 6.08. The van der Waals surface area contributed by atoms with Crippen LogP contribution in [0.25, 0.3) is 27.9 Å². The maximum absolute atomic E-state index is 14.3.